The van der Waals surface area contributed by atoms with Crippen LogP contribution in [0.25, 0.3) is 0 Å². The highest BCUT2D eigenvalue weighted by molar-refractivity contribution is 5.97. The summed E-state index contributed by atoms with van der Waals surface area (Å²) < 4.78 is 0. The standard InChI is InChI=1S/C16H24N2O3/c1-11(2)8-13(19)9-17-15(20)10-18-16(21)14-7-5-4-6-12(14)3/h4-7,11,13,19H,8-10H2,1-3H3,(H,17,20)(H,18,21). The molecule has 116 valence electrons. The summed E-state index contributed by atoms with van der Waals surface area (Å²) in [5.74, 6) is -0.205. The van der Waals surface area contributed by atoms with Gasteiger partial charge >= 0.3 is 0 Å². The highest BCUT2D eigenvalue weighted by Crippen LogP contribution is 2.06. The van der Waals surface area contributed by atoms with E-state index < -0.39 is 6.10 Å². The summed E-state index contributed by atoms with van der Waals surface area (Å²) in [5, 5.41) is 14.8. The van der Waals surface area contributed by atoms with Gasteiger partial charge < -0.3 is 15.7 Å². The summed E-state index contributed by atoms with van der Waals surface area (Å²) in [6, 6.07) is 7.20. The zero-order chi connectivity index (χ0) is 15.8. The maximum Gasteiger partial charge on any atom is 0.251 e. The number of carbonyl (C=O) groups excluding carboxylic acids is 2. The minimum atomic E-state index is -0.555. The zero-order valence-corrected chi connectivity index (χ0v) is 12.8. The van der Waals surface area contributed by atoms with Crippen LogP contribution in [0, 0.1) is 12.8 Å². The van der Waals surface area contributed by atoms with Gasteiger partial charge in [0, 0.05) is 12.1 Å². The number of carbonyl (C=O) groups is 2. The fourth-order valence-electron chi connectivity index (χ4n) is 2.01. The van der Waals surface area contributed by atoms with E-state index >= 15 is 0 Å². The molecule has 0 aromatic heterocycles. The van der Waals surface area contributed by atoms with Gasteiger partial charge in [0.25, 0.3) is 5.91 Å². The summed E-state index contributed by atoms with van der Waals surface area (Å²) in [7, 11) is 0. The number of hydrogen-bond donors (Lipinski definition) is 3. The van der Waals surface area contributed by atoms with Crippen molar-refractivity contribution in [3.63, 3.8) is 0 Å². The molecule has 0 bridgehead atoms. The van der Waals surface area contributed by atoms with Crippen LogP contribution in [0.5, 0.6) is 0 Å². The third kappa shape index (κ3) is 6.40. The van der Waals surface area contributed by atoms with Crippen molar-refractivity contribution in [2.75, 3.05) is 13.1 Å². The quantitative estimate of drug-likeness (QED) is 0.707. The van der Waals surface area contributed by atoms with E-state index in [4.69, 9.17) is 0 Å². The van der Waals surface area contributed by atoms with Crippen LogP contribution in [-0.4, -0.2) is 36.1 Å². The highest BCUT2D eigenvalue weighted by atomic mass is 16.3. The number of aryl methyl sites for hydroxylation is 1. The highest BCUT2D eigenvalue weighted by Gasteiger charge is 2.11. The van der Waals surface area contributed by atoms with Gasteiger partial charge in [-0.2, -0.15) is 0 Å². The lowest BCUT2D eigenvalue weighted by Gasteiger charge is -2.14. The van der Waals surface area contributed by atoms with E-state index in [1.54, 1.807) is 12.1 Å². The van der Waals surface area contributed by atoms with Crippen LogP contribution in [0.1, 0.15) is 36.2 Å². The molecule has 3 N–H and O–H groups in total. The summed E-state index contributed by atoms with van der Waals surface area (Å²) in [6.45, 7) is 5.97. The first-order valence-electron chi connectivity index (χ1n) is 7.18. The topological polar surface area (TPSA) is 78.4 Å². The molecule has 2 amide bonds. The predicted molar refractivity (Wildman–Crippen MR) is 82.0 cm³/mol. The van der Waals surface area contributed by atoms with Crippen LogP contribution in [0.4, 0.5) is 0 Å². The first-order chi connectivity index (χ1) is 9.90. The van der Waals surface area contributed by atoms with Crippen molar-refractivity contribution in [1.82, 2.24) is 10.6 Å². The van der Waals surface area contributed by atoms with E-state index in [2.05, 4.69) is 10.6 Å². The summed E-state index contributed by atoms with van der Waals surface area (Å²) in [4.78, 5) is 23.5. The second kappa shape index (κ2) is 8.42. The minimum absolute atomic E-state index is 0.0957. The fraction of sp³-hybridized carbons (Fsp3) is 0.500. The molecule has 1 atom stereocenters. The Kier molecular flexibility index (Phi) is 6.88. The molecule has 21 heavy (non-hydrogen) atoms. The monoisotopic (exact) mass is 292 g/mol. The molecule has 1 unspecified atom stereocenters. The van der Waals surface area contributed by atoms with Crippen molar-refractivity contribution >= 4 is 11.8 Å². The lowest BCUT2D eigenvalue weighted by atomic mass is 10.1. The first kappa shape index (κ1) is 17.2. The molecule has 0 aliphatic carbocycles. The van der Waals surface area contributed by atoms with E-state index in [1.165, 1.54) is 0 Å². The Labute approximate surface area is 125 Å². The van der Waals surface area contributed by atoms with E-state index in [1.807, 2.05) is 32.9 Å². The number of hydrogen-bond acceptors (Lipinski definition) is 3. The lowest BCUT2D eigenvalue weighted by molar-refractivity contribution is -0.120. The Balaban J connectivity index is 2.33. The van der Waals surface area contributed by atoms with Crippen molar-refractivity contribution in [3.05, 3.63) is 35.4 Å². The van der Waals surface area contributed by atoms with Gasteiger partial charge in [0.15, 0.2) is 0 Å². The van der Waals surface area contributed by atoms with E-state index in [9.17, 15) is 14.7 Å². The van der Waals surface area contributed by atoms with Gasteiger partial charge in [-0.1, -0.05) is 32.0 Å². The number of aliphatic hydroxyl groups is 1. The third-order valence-electron chi connectivity index (χ3n) is 3.08. The molecule has 0 radical (unpaired) electrons. The summed E-state index contributed by atoms with van der Waals surface area (Å²) in [6.07, 6.45) is 0.0802. The zero-order valence-electron chi connectivity index (χ0n) is 12.8. The lowest BCUT2D eigenvalue weighted by Crippen LogP contribution is -2.40. The number of nitrogens with one attached hydrogen (secondary N) is 2. The molecule has 0 aliphatic rings. The Hall–Kier alpha value is -1.88. The van der Waals surface area contributed by atoms with Gasteiger partial charge in [-0.15, -0.1) is 0 Å². The molecule has 0 spiro atoms. The average molecular weight is 292 g/mol. The predicted octanol–water partition coefficient (Wildman–Crippen LogP) is 1.25. The summed E-state index contributed by atoms with van der Waals surface area (Å²) >= 11 is 0. The molecule has 0 heterocycles. The number of rotatable bonds is 7. The smallest absolute Gasteiger partial charge is 0.251 e. The van der Waals surface area contributed by atoms with Gasteiger partial charge in [-0.3, -0.25) is 9.59 Å². The van der Waals surface area contributed by atoms with Crippen molar-refractivity contribution in [1.29, 1.82) is 0 Å². The van der Waals surface area contributed by atoms with Gasteiger partial charge in [-0.25, -0.2) is 0 Å². The molecule has 1 aromatic rings. The van der Waals surface area contributed by atoms with E-state index in [0.717, 1.165) is 5.56 Å². The molecular weight excluding hydrogens is 268 g/mol. The molecule has 0 saturated heterocycles. The van der Waals surface area contributed by atoms with Crippen LogP contribution < -0.4 is 10.6 Å². The normalized spacial score (nSPS) is 12.0. The number of amides is 2. The third-order valence-corrected chi connectivity index (χ3v) is 3.08. The van der Waals surface area contributed by atoms with Crippen LogP contribution in [0.3, 0.4) is 0 Å². The molecule has 5 heteroatoms. The fourth-order valence-corrected chi connectivity index (χ4v) is 2.01. The largest absolute Gasteiger partial charge is 0.391 e. The van der Waals surface area contributed by atoms with Crippen molar-refractivity contribution in [2.45, 2.75) is 33.3 Å². The van der Waals surface area contributed by atoms with Crippen LogP contribution in [0.2, 0.25) is 0 Å². The first-order valence-corrected chi connectivity index (χ1v) is 7.18. The Morgan fingerprint density at radius 3 is 2.48 bits per heavy atom. The molecule has 1 aromatic carbocycles. The Morgan fingerprint density at radius 2 is 1.86 bits per heavy atom. The second-order valence-electron chi connectivity index (χ2n) is 5.59. The van der Waals surface area contributed by atoms with Crippen molar-refractivity contribution in [3.8, 4) is 0 Å². The number of benzene rings is 1. The Morgan fingerprint density at radius 1 is 1.19 bits per heavy atom. The van der Waals surface area contributed by atoms with Crippen LogP contribution in [0.15, 0.2) is 24.3 Å². The SMILES string of the molecule is Cc1ccccc1C(=O)NCC(=O)NCC(O)CC(C)C. The maximum atomic E-state index is 11.9. The molecule has 0 aliphatic heterocycles. The van der Waals surface area contributed by atoms with Crippen molar-refractivity contribution < 1.29 is 14.7 Å². The average Bonchev–Trinajstić information content (AvgIpc) is 2.42. The second-order valence-corrected chi connectivity index (χ2v) is 5.59. The van der Waals surface area contributed by atoms with Gasteiger partial charge in [0.1, 0.15) is 0 Å². The number of aliphatic hydroxyl groups excluding tert-OH is 1. The summed E-state index contributed by atoms with van der Waals surface area (Å²) in [5.41, 5.74) is 1.42. The molecule has 0 saturated carbocycles. The molecule has 1 rings (SSSR count). The van der Waals surface area contributed by atoms with E-state index in [0.29, 0.717) is 17.9 Å². The Bertz CT molecular complexity index is 486. The van der Waals surface area contributed by atoms with Crippen LogP contribution in [-0.2, 0) is 4.79 Å². The van der Waals surface area contributed by atoms with Crippen molar-refractivity contribution in [2.24, 2.45) is 5.92 Å². The maximum absolute atomic E-state index is 11.9. The minimum Gasteiger partial charge on any atom is -0.391 e. The van der Waals surface area contributed by atoms with Crippen LogP contribution >= 0.6 is 0 Å². The van der Waals surface area contributed by atoms with Gasteiger partial charge in [-0.05, 0) is 30.9 Å². The molecule has 5 nitrogen and oxygen atoms in total. The van der Waals surface area contributed by atoms with Gasteiger partial charge in [0.05, 0.1) is 12.6 Å². The molecule has 0 fully saturated rings. The molecular formula is C16H24N2O3. The van der Waals surface area contributed by atoms with E-state index in [-0.39, 0.29) is 24.9 Å². The van der Waals surface area contributed by atoms with Gasteiger partial charge in [0.2, 0.25) is 5.91 Å².